The van der Waals surface area contributed by atoms with Gasteiger partial charge >= 0.3 is 0 Å². The van der Waals surface area contributed by atoms with Crippen LogP contribution in [0.4, 0.5) is 0 Å². The van der Waals surface area contributed by atoms with Crippen molar-refractivity contribution in [2.24, 2.45) is 20.8 Å². The van der Waals surface area contributed by atoms with Crippen molar-refractivity contribution < 1.29 is 0 Å². The lowest BCUT2D eigenvalue weighted by atomic mass is 9.86. The van der Waals surface area contributed by atoms with E-state index in [1.807, 2.05) is 12.4 Å². The molecule has 0 aliphatic carbocycles. The van der Waals surface area contributed by atoms with Crippen molar-refractivity contribution >= 4 is 31.8 Å². The third-order valence-electron chi connectivity index (χ3n) is 5.94. The Labute approximate surface area is 159 Å². The van der Waals surface area contributed by atoms with Gasteiger partial charge in [0.1, 0.15) is 19.4 Å². The van der Waals surface area contributed by atoms with Gasteiger partial charge in [-0.25, -0.2) is 0 Å². The quantitative estimate of drug-likeness (QED) is 0.694. The summed E-state index contributed by atoms with van der Waals surface area (Å²) in [5, 5.41) is -0.0310. The van der Waals surface area contributed by atoms with Gasteiger partial charge in [-0.1, -0.05) is 53.7 Å². The summed E-state index contributed by atoms with van der Waals surface area (Å²) in [6.45, 7) is 21.1. The standard InChI is InChI=1S/C20H37N3Si2/c1-16(2,3)19(12-10-14-21-19)24-23(18(7,8)9)25-20(17(4,5)6)13-11-15-22-20/h10-15H,24-25H2,1-9H3. The predicted molar refractivity (Wildman–Crippen MR) is 118 cm³/mol. The predicted octanol–water partition coefficient (Wildman–Crippen LogP) is 3.02. The Balaban J connectivity index is 2.39. The zero-order valence-electron chi connectivity index (χ0n) is 17.7. The van der Waals surface area contributed by atoms with Crippen LogP contribution in [0.2, 0.25) is 0 Å². The number of rotatable bonds is 4. The number of hydrogen-bond donors (Lipinski definition) is 0. The minimum absolute atomic E-state index is 0.0155. The van der Waals surface area contributed by atoms with Crippen molar-refractivity contribution in [1.29, 1.82) is 0 Å². The molecule has 2 aliphatic heterocycles. The highest BCUT2D eigenvalue weighted by Crippen LogP contribution is 2.41. The maximum Gasteiger partial charge on any atom is 0.125 e. The van der Waals surface area contributed by atoms with Crippen LogP contribution >= 0.6 is 0 Å². The molecular formula is C20H37N3Si2. The fourth-order valence-electron chi connectivity index (χ4n) is 3.50. The molecule has 0 fully saturated rings. The Morgan fingerprint density at radius 2 is 1.04 bits per heavy atom. The average Bonchev–Trinajstić information content (AvgIpc) is 3.05. The van der Waals surface area contributed by atoms with Crippen LogP contribution in [-0.4, -0.2) is 51.9 Å². The maximum absolute atomic E-state index is 5.00. The zero-order valence-corrected chi connectivity index (χ0v) is 20.5. The molecular weight excluding hydrogens is 338 g/mol. The largest absolute Gasteiger partial charge is 0.347 e. The molecule has 0 amide bonds. The third kappa shape index (κ3) is 3.98. The second-order valence-electron chi connectivity index (χ2n) is 10.6. The summed E-state index contributed by atoms with van der Waals surface area (Å²) in [5.41, 5.74) is 0.446. The molecule has 0 aromatic heterocycles. The van der Waals surface area contributed by atoms with Gasteiger partial charge in [-0.3, -0.25) is 9.98 Å². The van der Waals surface area contributed by atoms with E-state index >= 15 is 0 Å². The highest BCUT2D eigenvalue weighted by atomic mass is 28.3. The normalized spacial score (nSPS) is 30.3. The lowest BCUT2D eigenvalue weighted by molar-refractivity contribution is 0.279. The van der Waals surface area contributed by atoms with Crippen LogP contribution in [0.15, 0.2) is 34.3 Å². The Bertz CT molecular complexity index is 538. The second-order valence-corrected chi connectivity index (χ2v) is 15.9. The fraction of sp³-hybridized carbons (Fsp3) is 0.700. The van der Waals surface area contributed by atoms with Crippen molar-refractivity contribution in [3.63, 3.8) is 0 Å². The van der Waals surface area contributed by atoms with Gasteiger partial charge in [0, 0.05) is 12.4 Å². The van der Waals surface area contributed by atoms with E-state index in [4.69, 9.17) is 9.98 Å². The van der Waals surface area contributed by atoms with E-state index in [2.05, 4.69) is 90.8 Å². The number of hydrogen-bond acceptors (Lipinski definition) is 3. The van der Waals surface area contributed by atoms with Gasteiger partial charge in [-0.15, -0.1) is 0 Å². The lowest BCUT2D eigenvalue weighted by Gasteiger charge is -2.50. The van der Waals surface area contributed by atoms with Crippen molar-refractivity contribution in [1.82, 2.24) is 4.23 Å². The Morgan fingerprint density at radius 3 is 1.24 bits per heavy atom. The first-order valence-corrected chi connectivity index (χ1v) is 12.1. The van der Waals surface area contributed by atoms with Crippen molar-refractivity contribution in [3.05, 3.63) is 24.3 Å². The average molecular weight is 376 g/mol. The smallest absolute Gasteiger partial charge is 0.125 e. The molecule has 2 unspecified atom stereocenters. The fourth-order valence-corrected chi connectivity index (χ4v) is 9.91. The van der Waals surface area contributed by atoms with Gasteiger partial charge in [0.25, 0.3) is 0 Å². The molecule has 3 nitrogen and oxygen atoms in total. The van der Waals surface area contributed by atoms with Crippen LogP contribution in [0.3, 0.4) is 0 Å². The zero-order chi connectivity index (χ0) is 19.1. The van der Waals surface area contributed by atoms with E-state index in [1.165, 1.54) is 0 Å². The van der Waals surface area contributed by atoms with E-state index in [1.54, 1.807) is 0 Å². The van der Waals surface area contributed by atoms with Gasteiger partial charge in [0.15, 0.2) is 0 Å². The molecule has 0 radical (unpaired) electrons. The van der Waals surface area contributed by atoms with E-state index < -0.39 is 19.4 Å². The second kappa shape index (κ2) is 6.43. The minimum atomic E-state index is -0.640. The van der Waals surface area contributed by atoms with E-state index in [-0.39, 0.29) is 26.7 Å². The highest BCUT2D eigenvalue weighted by molar-refractivity contribution is 6.56. The van der Waals surface area contributed by atoms with Gasteiger partial charge < -0.3 is 4.23 Å². The molecule has 2 rings (SSSR count). The molecule has 2 atom stereocenters. The molecule has 25 heavy (non-hydrogen) atoms. The molecule has 0 N–H and O–H groups in total. The number of nitrogens with zero attached hydrogens (tertiary/aromatic N) is 3. The Morgan fingerprint density at radius 1 is 0.680 bits per heavy atom. The van der Waals surface area contributed by atoms with Crippen molar-refractivity contribution in [2.75, 3.05) is 0 Å². The number of aliphatic imine (C=N–C) groups is 2. The van der Waals surface area contributed by atoms with E-state index in [9.17, 15) is 0 Å². The van der Waals surface area contributed by atoms with Crippen LogP contribution in [0.1, 0.15) is 62.3 Å². The lowest BCUT2D eigenvalue weighted by Crippen LogP contribution is -2.63. The molecule has 140 valence electrons. The van der Waals surface area contributed by atoms with Crippen molar-refractivity contribution in [3.8, 4) is 0 Å². The summed E-state index contributed by atoms with van der Waals surface area (Å²) >= 11 is 0. The van der Waals surface area contributed by atoms with Gasteiger partial charge in [-0.2, -0.15) is 0 Å². The van der Waals surface area contributed by atoms with Crippen molar-refractivity contribution in [2.45, 2.75) is 78.2 Å². The molecule has 0 bridgehead atoms. The Kier molecular flexibility index (Phi) is 5.28. The molecule has 0 saturated carbocycles. The summed E-state index contributed by atoms with van der Waals surface area (Å²) < 4.78 is 2.85. The van der Waals surface area contributed by atoms with Crippen LogP contribution < -0.4 is 0 Å². The SMILES string of the molecule is CC(C)(C)N([SiH2]C1(C(C)(C)C)C=CC=N1)[SiH2]C1(C(C)(C)C)C=CC=N1. The monoisotopic (exact) mass is 375 g/mol. The van der Waals surface area contributed by atoms with E-state index in [0.717, 1.165) is 0 Å². The molecule has 0 aromatic carbocycles. The van der Waals surface area contributed by atoms with Gasteiger partial charge in [-0.05, 0) is 49.3 Å². The summed E-state index contributed by atoms with van der Waals surface area (Å²) in [4.78, 5) is 10.0. The highest BCUT2D eigenvalue weighted by Gasteiger charge is 2.48. The summed E-state index contributed by atoms with van der Waals surface area (Å²) in [6.07, 6.45) is 13.0. The summed E-state index contributed by atoms with van der Waals surface area (Å²) in [7, 11) is -1.28. The van der Waals surface area contributed by atoms with Crippen LogP contribution in [0, 0.1) is 10.8 Å². The third-order valence-corrected chi connectivity index (χ3v) is 13.9. The Hall–Kier alpha value is -0.786. The number of allylic oxidation sites excluding steroid dienone is 2. The topological polar surface area (TPSA) is 28.0 Å². The van der Waals surface area contributed by atoms with Crippen LogP contribution in [0.5, 0.6) is 0 Å². The first-order chi connectivity index (χ1) is 11.2. The molecule has 5 heteroatoms. The first-order valence-electron chi connectivity index (χ1n) is 9.44. The first kappa shape index (κ1) is 20.5. The molecule has 2 aliphatic rings. The summed E-state index contributed by atoms with van der Waals surface area (Å²) in [5.74, 6) is 0. The molecule has 0 spiro atoms. The van der Waals surface area contributed by atoms with Gasteiger partial charge in [0.05, 0.1) is 10.3 Å². The summed E-state index contributed by atoms with van der Waals surface area (Å²) in [6, 6.07) is 0. The molecule has 0 saturated heterocycles. The molecule has 0 aromatic rings. The minimum Gasteiger partial charge on any atom is -0.347 e. The maximum atomic E-state index is 5.00. The van der Waals surface area contributed by atoms with Crippen LogP contribution in [-0.2, 0) is 0 Å². The van der Waals surface area contributed by atoms with Crippen LogP contribution in [0.25, 0.3) is 0 Å². The van der Waals surface area contributed by atoms with Gasteiger partial charge in [0.2, 0.25) is 0 Å². The van der Waals surface area contributed by atoms with E-state index in [0.29, 0.717) is 0 Å². The molecule has 2 heterocycles.